The second-order valence-electron chi connectivity index (χ2n) is 4.88. The molecule has 0 bridgehead atoms. The summed E-state index contributed by atoms with van der Waals surface area (Å²) >= 11 is 0. The van der Waals surface area contributed by atoms with E-state index in [1.54, 1.807) is 12.7 Å². The highest BCUT2D eigenvalue weighted by molar-refractivity contribution is 5.50. The van der Waals surface area contributed by atoms with Crippen LogP contribution >= 0.6 is 0 Å². The van der Waals surface area contributed by atoms with Crippen LogP contribution in [0.1, 0.15) is 35.1 Å². The third kappa shape index (κ3) is 2.47. The van der Waals surface area contributed by atoms with E-state index in [-0.39, 0.29) is 0 Å². The molecule has 94 valence electrons. The molecule has 0 spiro atoms. The number of methoxy groups -OCH3 is 1. The van der Waals surface area contributed by atoms with Crippen molar-refractivity contribution < 1.29 is 4.74 Å². The van der Waals surface area contributed by atoms with Crippen molar-refractivity contribution in [3.8, 4) is 5.75 Å². The Bertz CT molecular complexity index is 398. The minimum absolute atomic E-state index is 1.01. The van der Waals surface area contributed by atoms with Crippen molar-refractivity contribution in [3.63, 3.8) is 0 Å². The number of aryl methyl sites for hydroxylation is 1. The molecule has 1 aromatic carbocycles. The van der Waals surface area contributed by atoms with Gasteiger partial charge in [-0.3, -0.25) is 0 Å². The van der Waals surface area contributed by atoms with E-state index in [0.717, 1.165) is 18.7 Å². The fourth-order valence-electron chi connectivity index (χ4n) is 2.87. The largest absolute Gasteiger partial charge is 0.496 e. The van der Waals surface area contributed by atoms with Gasteiger partial charge in [-0.25, -0.2) is 0 Å². The predicted molar refractivity (Wildman–Crippen MR) is 72.0 cm³/mol. The Hall–Kier alpha value is -1.02. The Kier molecular flexibility index (Phi) is 4.06. The number of likely N-dealkylation sites (N-methyl/N-ethyl adjacent to an activating group) is 1. The monoisotopic (exact) mass is 233 g/mol. The Balaban J connectivity index is 2.41. The van der Waals surface area contributed by atoms with E-state index < -0.39 is 0 Å². The first kappa shape index (κ1) is 12.4. The van der Waals surface area contributed by atoms with Crippen LogP contribution in [0.3, 0.4) is 0 Å². The number of benzene rings is 1. The SMILES string of the molecule is CNCCc1c(OC)cc2c(c1C)CCCC2. The maximum absolute atomic E-state index is 5.56. The summed E-state index contributed by atoms with van der Waals surface area (Å²) in [5.41, 5.74) is 5.96. The van der Waals surface area contributed by atoms with Crippen LogP contribution in [0.15, 0.2) is 6.07 Å². The summed E-state index contributed by atoms with van der Waals surface area (Å²) in [5.74, 6) is 1.08. The fraction of sp³-hybridized carbons (Fsp3) is 0.600. The molecule has 0 aliphatic heterocycles. The number of hydrogen-bond acceptors (Lipinski definition) is 2. The summed E-state index contributed by atoms with van der Waals surface area (Å²) in [4.78, 5) is 0. The molecule has 0 atom stereocenters. The molecule has 1 aliphatic rings. The summed E-state index contributed by atoms with van der Waals surface area (Å²) < 4.78 is 5.56. The van der Waals surface area contributed by atoms with Crippen molar-refractivity contribution in [2.75, 3.05) is 20.7 Å². The Labute approximate surface area is 104 Å². The third-order valence-corrected chi connectivity index (χ3v) is 3.86. The zero-order valence-electron chi connectivity index (χ0n) is 11.2. The van der Waals surface area contributed by atoms with Gasteiger partial charge in [-0.05, 0) is 80.9 Å². The van der Waals surface area contributed by atoms with Gasteiger partial charge >= 0.3 is 0 Å². The van der Waals surface area contributed by atoms with Crippen LogP contribution in [0.5, 0.6) is 5.75 Å². The molecule has 1 aliphatic carbocycles. The lowest BCUT2D eigenvalue weighted by atomic mass is 9.85. The lowest BCUT2D eigenvalue weighted by Gasteiger charge is -2.23. The van der Waals surface area contributed by atoms with Crippen LogP contribution in [-0.2, 0) is 19.3 Å². The Morgan fingerprint density at radius 1 is 1.29 bits per heavy atom. The van der Waals surface area contributed by atoms with Crippen molar-refractivity contribution in [1.29, 1.82) is 0 Å². The predicted octanol–water partition coefficient (Wildman–Crippen LogP) is 2.64. The molecule has 0 radical (unpaired) electrons. The second kappa shape index (κ2) is 5.54. The molecule has 1 N–H and O–H groups in total. The molecule has 2 heteroatoms. The smallest absolute Gasteiger partial charge is 0.122 e. The van der Waals surface area contributed by atoms with Gasteiger partial charge in [0.1, 0.15) is 5.75 Å². The van der Waals surface area contributed by atoms with Gasteiger partial charge in [0.15, 0.2) is 0 Å². The van der Waals surface area contributed by atoms with E-state index in [1.807, 2.05) is 7.05 Å². The number of nitrogens with one attached hydrogen (secondary N) is 1. The first-order valence-electron chi connectivity index (χ1n) is 6.60. The minimum atomic E-state index is 1.01. The molecule has 0 heterocycles. The minimum Gasteiger partial charge on any atom is -0.496 e. The fourth-order valence-corrected chi connectivity index (χ4v) is 2.87. The maximum atomic E-state index is 5.56. The summed E-state index contributed by atoms with van der Waals surface area (Å²) in [6.45, 7) is 3.27. The van der Waals surface area contributed by atoms with Gasteiger partial charge in [0.05, 0.1) is 7.11 Å². The molecule has 17 heavy (non-hydrogen) atoms. The van der Waals surface area contributed by atoms with Crippen LogP contribution < -0.4 is 10.1 Å². The van der Waals surface area contributed by atoms with Crippen molar-refractivity contribution in [2.45, 2.75) is 39.0 Å². The van der Waals surface area contributed by atoms with Crippen LogP contribution in [-0.4, -0.2) is 20.7 Å². The van der Waals surface area contributed by atoms with Crippen LogP contribution in [0.25, 0.3) is 0 Å². The van der Waals surface area contributed by atoms with Crippen molar-refractivity contribution in [3.05, 3.63) is 28.3 Å². The average Bonchev–Trinajstić information content (AvgIpc) is 2.37. The van der Waals surface area contributed by atoms with Crippen LogP contribution in [0.2, 0.25) is 0 Å². The van der Waals surface area contributed by atoms with E-state index in [1.165, 1.54) is 42.4 Å². The first-order valence-corrected chi connectivity index (χ1v) is 6.60. The molecule has 2 nitrogen and oxygen atoms in total. The zero-order chi connectivity index (χ0) is 12.3. The molecule has 2 rings (SSSR count). The highest BCUT2D eigenvalue weighted by Crippen LogP contribution is 2.33. The van der Waals surface area contributed by atoms with Gasteiger partial charge in [-0.15, -0.1) is 0 Å². The number of fused-ring (bicyclic) bond motifs is 1. The van der Waals surface area contributed by atoms with E-state index in [0.29, 0.717) is 0 Å². The van der Waals surface area contributed by atoms with E-state index in [9.17, 15) is 0 Å². The molecular weight excluding hydrogens is 210 g/mol. The van der Waals surface area contributed by atoms with E-state index >= 15 is 0 Å². The number of ether oxygens (including phenoxy) is 1. The normalized spacial score (nSPS) is 14.5. The highest BCUT2D eigenvalue weighted by Gasteiger charge is 2.17. The molecular formula is C15H23NO. The van der Waals surface area contributed by atoms with E-state index in [4.69, 9.17) is 4.74 Å². The standard InChI is InChI=1S/C15H23NO/c1-11-13-7-5-4-6-12(13)10-15(17-3)14(11)8-9-16-2/h10,16H,4-9H2,1-3H3. The molecule has 0 aromatic heterocycles. The molecule has 1 aromatic rings. The summed E-state index contributed by atoms with van der Waals surface area (Å²) in [5, 5.41) is 3.22. The quantitative estimate of drug-likeness (QED) is 0.863. The van der Waals surface area contributed by atoms with Crippen LogP contribution in [0, 0.1) is 6.92 Å². The van der Waals surface area contributed by atoms with Gasteiger partial charge in [-0.1, -0.05) is 0 Å². The van der Waals surface area contributed by atoms with Crippen molar-refractivity contribution in [2.24, 2.45) is 0 Å². The zero-order valence-corrected chi connectivity index (χ0v) is 11.2. The molecule has 0 unspecified atom stereocenters. The highest BCUT2D eigenvalue weighted by atomic mass is 16.5. The molecule has 0 amide bonds. The summed E-state index contributed by atoms with van der Waals surface area (Å²) in [6.07, 6.45) is 6.19. The average molecular weight is 233 g/mol. The van der Waals surface area contributed by atoms with E-state index in [2.05, 4.69) is 18.3 Å². The maximum Gasteiger partial charge on any atom is 0.122 e. The lowest BCUT2D eigenvalue weighted by Crippen LogP contribution is -2.14. The van der Waals surface area contributed by atoms with Gasteiger partial charge in [-0.2, -0.15) is 0 Å². The number of rotatable bonds is 4. The van der Waals surface area contributed by atoms with Crippen molar-refractivity contribution in [1.82, 2.24) is 5.32 Å². The molecule has 0 saturated heterocycles. The second-order valence-corrected chi connectivity index (χ2v) is 4.88. The van der Waals surface area contributed by atoms with Gasteiger partial charge in [0.2, 0.25) is 0 Å². The summed E-state index contributed by atoms with van der Waals surface area (Å²) in [7, 11) is 3.78. The lowest BCUT2D eigenvalue weighted by molar-refractivity contribution is 0.407. The first-order chi connectivity index (χ1) is 8.27. The number of hydrogen-bond donors (Lipinski definition) is 1. The molecule has 0 saturated carbocycles. The van der Waals surface area contributed by atoms with Crippen LogP contribution in [0.4, 0.5) is 0 Å². The van der Waals surface area contributed by atoms with Gasteiger partial charge < -0.3 is 10.1 Å². The Morgan fingerprint density at radius 3 is 2.76 bits per heavy atom. The van der Waals surface area contributed by atoms with Gasteiger partial charge in [0.25, 0.3) is 0 Å². The molecule has 0 fully saturated rings. The topological polar surface area (TPSA) is 21.3 Å². The summed E-state index contributed by atoms with van der Waals surface area (Å²) in [6, 6.07) is 2.27. The van der Waals surface area contributed by atoms with Crippen molar-refractivity contribution >= 4 is 0 Å². The third-order valence-electron chi connectivity index (χ3n) is 3.86. The van der Waals surface area contributed by atoms with Gasteiger partial charge in [0, 0.05) is 0 Å². The Morgan fingerprint density at radius 2 is 2.06 bits per heavy atom.